The van der Waals surface area contributed by atoms with Crippen LogP contribution in [0.4, 0.5) is 5.95 Å². The average Bonchev–Trinajstić information content (AvgIpc) is 3.36. The molecule has 1 aliphatic heterocycles. The number of rotatable bonds is 4. The van der Waals surface area contributed by atoms with E-state index in [1.165, 1.54) is 0 Å². The first-order valence-corrected chi connectivity index (χ1v) is 8.24. The molecule has 0 spiro atoms. The number of carbonyl (C=O) groups excluding carboxylic acids is 1. The summed E-state index contributed by atoms with van der Waals surface area (Å²) in [5, 5.41) is 8.83. The number of hydrogen-bond donors (Lipinski definition) is 3. The lowest BCUT2D eigenvalue weighted by Gasteiger charge is -2.17. The van der Waals surface area contributed by atoms with Crippen molar-refractivity contribution >= 4 is 35.4 Å². The van der Waals surface area contributed by atoms with E-state index in [0.717, 1.165) is 11.3 Å². The highest BCUT2D eigenvalue weighted by Crippen LogP contribution is 2.29. The molecule has 9 nitrogen and oxygen atoms in total. The van der Waals surface area contributed by atoms with Crippen LogP contribution in [0, 0.1) is 5.92 Å². The number of benzene rings is 1. The Bertz CT molecular complexity index is 945. The van der Waals surface area contributed by atoms with Gasteiger partial charge in [0.15, 0.2) is 5.65 Å². The van der Waals surface area contributed by atoms with E-state index in [0.29, 0.717) is 42.3 Å². The van der Waals surface area contributed by atoms with Crippen molar-refractivity contribution in [2.45, 2.75) is 6.42 Å². The Morgan fingerprint density at radius 2 is 2.11 bits per heavy atom. The number of hydroxylamine groups is 1. The van der Waals surface area contributed by atoms with Crippen molar-refractivity contribution in [1.82, 2.24) is 25.4 Å². The number of hydrogen-bond acceptors (Lipinski definition) is 7. The van der Waals surface area contributed by atoms with Crippen molar-refractivity contribution in [3.8, 4) is 17.0 Å². The summed E-state index contributed by atoms with van der Waals surface area (Å²) >= 11 is 0. The summed E-state index contributed by atoms with van der Waals surface area (Å²) < 4.78 is 5.21. The summed E-state index contributed by atoms with van der Waals surface area (Å²) in [7, 11) is 1.62. The maximum absolute atomic E-state index is 11.7. The number of imidazole rings is 1. The molecule has 0 aliphatic carbocycles. The van der Waals surface area contributed by atoms with E-state index < -0.39 is 0 Å². The molecule has 27 heavy (non-hydrogen) atoms. The normalized spacial score (nSPS) is 16.2. The Labute approximate surface area is 161 Å². The van der Waals surface area contributed by atoms with Gasteiger partial charge in [0.05, 0.1) is 19.4 Å². The minimum Gasteiger partial charge on any atom is -0.497 e. The fourth-order valence-electron chi connectivity index (χ4n) is 3.16. The van der Waals surface area contributed by atoms with Gasteiger partial charge >= 0.3 is 0 Å². The standard InChI is InChI=1S/C17H18N6O3.ClH/c1-26-12-4-2-10(3-5-12)13-14-15(19-9-18-14)21-17(20-13)23-7-6-11(8-23)16(24)22-25;/h2-5,9,11,25H,6-8H2,1H3,(H,22,24)(H,18,19,20,21);1H. The number of amides is 1. The molecule has 1 unspecified atom stereocenters. The van der Waals surface area contributed by atoms with Gasteiger partial charge in [-0.1, -0.05) is 0 Å². The molecule has 0 radical (unpaired) electrons. The monoisotopic (exact) mass is 390 g/mol. The van der Waals surface area contributed by atoms with Crippen LogP contribution in [0.2, 0.25) is 0 Å². The first-order chi connectivity index (χ1) is 12.7. The molecular weight excluding hydrogens is 372 g/mol. The van der Waals surface area contributed by atoms with Gasteiger partial charge in [-0.25, -0.2) is 15.4 Å². The average molecular weight is 391 g/mol. The van der Waals surface area contributed by atoms with Crippen molar-refractivity contribution in [3.05, 3.63) is 30.6 Å². The fourth-order valence-corrected chi connectivity index (χ4v) is 3.16. The molecule has 1 aromatic carbocycles. The number of carbonyl (C=O) groups is 1. The molecule has 0 saturated carbocycles. The van der Waals surface area contributed by atoms with E-state index in [-0.39, 0.29) is 24.2 Å². The van der Waals surface area contributed by atoms with Crippen molar-refractivity contribution < 1.29 is 14.7 Å². The molecule has 1 fully saturated rings. The number of ether oxygens (including phenoxy) is 1. The molecule has 1 atom stereocenters. The van der Waals surface area contributed by atoms with Crippen LogP contribution in [-0.2, 0) is 4.79 Å². The highest BCUT2D eigenvalue weighted by Gasteiger charge is 2.30. The van der Waals surface area contributed by atoms with E-state index in [2.05, 4.69) is 15.0 Å². The molecule has 3 N–H and O–H groups in total. The van der Waals surface area contributed by atoms with Gasteiger partial charge in [0.25, 0.3) is 0 Å². The highest BCUT2D eigenvalue weighted by atomic mass is 35.5. The second kappa shape index (κ2) is 7.77. The maximum atomic E-state index is 11.7. The third-order valence-corrected chi connectivity index (χ3v) is 4.58. The molecule has 1 saturated heterocycles. The smallest absolute Gasteiger partial charge is 0.248 e. The van der Waals surface area contributed by atoms with Gasteiger partial charge in [0.1, 0.15) is 17.0 Å². The van der Waals surface area contributed by atoms with Crippen molar-refractivity contribution in [3.63, 3.8) is 0 Å². The van der Waals surface area contributed by atoms with Gasteiger partial charge in [-0.2, -0.15) is 4.98 Å². The number of fused-ring (bicyclic) bond motifs is 1. The summed E-state index contributed by atoms with van der Waals surface area (Å²) in [5.74, 6) is 0.621. The Hall–Kier alpha value is -2.91. The number of methoxy groups -OCH3 is 1. The van der Waals surface area contributed by atoms with Crippen LogP contribution in [0.1, 0.15) is 6.42 Å². The number of nitrogens with zero attached hydrogens (tertiary/aromatic N) is 4. The van der Waals surface area contributed by atoms with Crippen LogP contribution >= 0.6 is 12.4 Å². The lowest BCUT2D eigenvalue weighted by molar-refractivity contribution is -0.132. The Morgan fingerprint density at radius 3 is 2.81 bits per heavy atom. The van der Waals surface area contributed by atoms with Crippen molar-refractivity contribution in [1.29, 1.82) is 0 Å². The third-order valence-electron chi connectivity index (χ3n) is 4.58. The van der Waals surface area contributed by atoms with E-state index in [1.807, 2.05) is 29.2 Å². The van der Waals surface area contributed by atoms with E-state index in [9.17, 15) is 4.79 Å². The van der Waals surface area contributed by atoms with Crippen LogP contribution in [0.5, 0.6) is 5.75 Å². The van der Waals surface area contributed by atoms with Gasteiger partial charge < -0.3 is 14.6 Å². The topological polar surface area (TPSA) is 116 Å². The van der Waals surface area contributed by atoms with Crippen LogP contribution < -0.4 is 15.1 Å². The SMILES string of the molecule is COc1ccc(-c2nc(N3CCC(C(=O)NO)C3)nc3[nH]cnc23)cc1.Cl. The van der Waals surface area contributed by atoms with Crippen LogP contribution in [0.15, 0.2) is 30.6 Å². The van der Waals surface area contributed by atoms with Crippen LogP contribution in [0.3, 0.4) is 0 Å². The molecule has 0 bridgehead atoms. The number of anilines is 1. The molecule has 142 valence electrons. The summed E-state index contributed by atoms with van der Waals surface area (Å²) in [5.41, 5.74) is 4.65. The lowest BCUT2D eigenvalue weighted by atomic mass is 10.1. The van der Waals surface area contributed by atoms with E-state index in [4.69, 9.17) is 14.9 Å². The highest BCUT2D eigenvalue weighted by molar-refractivity contribution is 5.88. The maximum Gasteiger partial charge on any atom is 0.248 e. The Balaban J connectivity index is 0.00000210. The van der Waals surface area contributed by atoms with Gasteiger partial charge in [0.2, 0.25) is 11.9 Å². The summed E-state index contributed by atoms with van der Waals surface area (Å²) in [6, 6.07) is 7.58. The minimum absolute atomic E-state index is 0. The van der Waals surface area contributed by atoms with E-state index >= 15 is 0 Å². The third kappa shape index (κ3) is 3.51. The summed E-state index contributed by atoms with van der Waals surface area (Å²) in [4.78, 5) is 30.2. The molecule has 3 aromatic rings. The van der Waals surface area contributed by atoms with Gasteiger partial charge in [-0.15, -0.1) is 12.4 Å². The Morgan fingerprint density at radius 1 is 1.33 bits per heavy atom. The predicted molar refractivity (Wildman–Crippen MR) is 101 cm³/mol. The zero-order chi connectivity index (χ0) is 18.1. The van der Waals surface area contributed by atoms with Crippen molar-refractivity contribution in [2.24, 2.45) is 5.92 Å². The predicted octanol–water partition coefficient (Wildman–Crippen LogP) is 1.78. The number of H-pyrrole nitrogens is 1. The molecule has 10 heteroatoms. The number of nitrogens with one attached hydrogen (secondary N) is 2. The fraction of sp³-hybridized carbons (Fsp3) is 0.294. The second-order valence-corrected chi connectivity index (χ2v) is 6.11. The molecule has 1 amide bonds. The second-order valence-electron chi connectivity index (χ2n) is 6.11. The van der Waals surface area contributed by atoms with Crippen molar-refractivity contribution in [2.75, 3.05) is 25.1 Å². The van der Waals surface area contributed by atoms with E-state index in [1.54, 1.807) is 18.9 Å². The first kappa shape index (κ1) is 18.9. The molecular formula is C17H19ClN6O3. The molecule has 2 aromatic heterocycles. The number of aromatic amines is 1. The lowest BCUT2D eigenvalue weighted by Crippen LogP contribution is -2.31. The molecule has 3 heterocycles. The minimum atomic E-state index is -0.384. The van der Waals surface area contributed by atoms with Gasteiger partial charge in [0, 0.05) is 18.7 Å². The first-order valence-electron chi connectivity index (χ1n) is 8.24. The summed E-state index contributed by atoms with van der Waals surface area (Å²) in [6.07, 6.45) is 2.22. The summed E-state index contributed by atoms with van der Waals surface area (Å²) in [6.45, 7) is 1.09. The number of aromatic nitrogens is 4. The quantitative estimate of drug-likeness (QED) is 0.459. The largest absolute Gasteiger partial charge is 0.497 e. The zero-order valence-corrected chi connectivity index (χ0v) is 15.4. The number of halogens is 1. The Kier molecular flexibility index (Phi) is 5.43. The van der Waals surface area contributed by atoms with Gasteiger partial charge in [-0.05, 0) is 30.7 Å². The van der Waals surface area contributed by atoms with Gasteiger partial charge in [-0.3, -0.25) is 10.0 Å². The molecule has 4 rings (SSSR count). The van der Waals surface area contributed by atoms with Crippen LogP contribution in [-0.4, -0.2) is 51.2 Å². The zero-order valence-electron chi connectivity index (χ0n) is 14.5. The molecule has 1 aliphatic rings. The van der Waals surface area contributed by atoms with Crippen LogP contribution in [0.25, 0.3) is 22.4 Å².